The molecule has 0 bridgehead atoms. The van der Waals surface area contributed by atoms with Crippen LogP contribution in [0.5, 0.6) is 11.6 Å². The van der Waals surface area contributed by atoms with Gasteiger partial charge in [0.2, 0.25) is 5.88 Å². The van der Waals surface area contributed by atoms with Crippen LogP contribution < -0.4 is 4.74 Å². The van der Waals surface area contributed by atoms with Crippen molar-refractivity contribution in [1.82, 2.24) is 9.97 Å². The maximum absolute atomic E-state index is 10.7. The van der Waals surface area contributed by atoms with Crippen LogP contribution in [0.2, 0.25) is 0 Å². The van der Waals surface area contributed by atoms with Crippen LogP contribution >= 0.6 is 11.3 Å². The van der Waals surface area contributed by atoms with E-state index < -0.39 is 4.92 Å². The van der Waals surface area contributed by atoms with Gasteiger partial charge in [-0.3, -0.25) is 10.1 Å². The fourth-order valence-corrected chi connectivity index (χ4v) is 3.40. The number of fused-ring (bicyclic) bond motifs is 1. The molecule has 2 aromatic heterocycles. The SMILES string of the molecule is O=[N+]([O-])c1ccc(Oc2ncnc3sc(-c4ccccc4)cc23)cc1. The van der Waals surface area contributed by atoms with Crippen LogP contribution in [0.4, 0.5) is 5.69 Å². The molecule has 6 nitrogen and oxygen atoms in total. The number of hydrogen-bond acceptors (Lipinski definition) is 6. The molecule has 0 aliphatic rings. The molecule has 122 valence electrons. The van der Waals surface area contributed by atoms with E-state index in [0.717, 1.165) is 20.7 Å². The van der Waals surface area contributed by atoms with Gasteiger partial charge < -0.3 is 4.74 Å². The van der Waals surface area contributed by atoms with Crippen molar-refractivity contribution in [3.8, 4) is 22.1 Å². The lowest BCUT2D eigenvalue weighted by molar-refractivity contribution is -0.384. The first-order chi connectivity index (χ1) is 12.2. The van der Waals surface area contributed by atoms with E-state index in [2.05, 4.69) is 9.97 Å². The molecule has 0 radical (unpaired) electrons. The Morgan fingerprint density at radius 1 is 1.00 bits per heavy atom. The molecular formula is C18H11N3O3S. The zero-order valence-electron chi connectivity index (χ0n) is 12.8. The van der Waals surface area contributed by atoms with E-state index in [9.17, 15) is 10.1 Å². The summed E-state index contributed by atoms with van der Waals surface area (Å²) in [5, 5.41) is 11.5. The molecule has 0 N–H and O–H groups in total. The Balaban J connectivity index is 1.70. The molecule has 0 saturated heterocycles. The number of rotatable bonds is 4. The van der Waals surface area contributed by atoms with Crippen LogP contribution in [0.25, 0.3) is 20.7 Å². The van der Waals surface area contributed by atoms with Gasteiger partial charge in [-0.15, -0.1) is 11.3 Å². The van der Waals surface area contributed by atoms with Crippen molar-refractivity contribution in [1.29, 1.82) is 0 Å². The van der Waals surface area contributed by atoms with Gasteiger partial charge in [0.15, 0.2) is 0 Å². The summed E-state index contributed by atoms with van der Waals surface area (Å²) in [6.07, 6.45) is 1.45. The quantitative estimate of drug-likeness (QED) is 0.380. The van der Waals surface area contributed by atoms with Crippen molar-refractivity contribution in [2.24, 2.45) is 0 Å². The fraction of sp³-hybridized carbons (Fsp3) is 0. The minimum atomic E-state index is -0.447. The van der Waals surface area contributed by atoms with Crippen molar-refractivity contribution in [2.45, 2.75) is 0 Å². The first kappa shape index (κ1) is 15.2. The molecule has 0 spiro atoms. The number of hydrogen-bond donors (Lipinski definition) is 0. The van der Waals surface area contributed by atoms with Crippen molar-refractivity contribution < 1.29 is 9.66 Å². The van der Waals surface area contributed by atoms with Gasteiger partial charge in [-0.1, -0.05) is 30.3 Å². The average molecular weight is 349 g/mol. The largest absolute Gasteiger partial charge is 0.438 e. The second kappa shape index (κ2) is 6.29. The van der Waals surface area contributed by atoms with Crippen molar-refractivity contribution in [3.63, 3.8) is 0 Å². The number of benzene rings is 2. The highest BCUT2D eigenvalue weighted by atomic mass is 32.1. The molecule has 0 saturated carbocycles. The van der Waals surface area contributed by atoms with Gasteiger partial charge in [0, 0.05) is 17.0 Å². The number of ether oxygens (including phenoxy) is 1. The van der Waals surface area contributed by atoms with Crippen LogP contribution in [0.1, 0.15) is 0 Å². The average Bonchev–Trinajstić information content (AvgIpc) is 3.08. The van der Waals surface area contributed by atoms with Gasteiger partial charge in [-0.05, 0) is 23.8 Å². The number of nitrogens with zero attached hydrogens (tertiary/aromatic N) is 3. The molecule has 4 rings (SSSR count). The normalized spacial score (nSPS) is 10.7. The number of nitro groups is 1. The maximum atomic E-state index is 10.7. The van der Waals surface area contributed by atoms with Gasteiger partial charge in [-0.25, -0.2) is 9.97 Å². The summed E-state index contributed by atoms with van der Waals surface area (Å²) in [5.74, 6) is 0.912. The Kier molecular flexibility index (Phi) is 3.83. The first-order valence-electron chi connectivity index (χ1n) is 7.43. The highest BCUT2D eigenvalue weighted by Gasteiger charge is 2.12. The lowest BCUT2D eigenvalue weighted by Gasteiger charge is -2.04. The molecule has 0 aliphatic carbocycles. The summed E-state index contributed by atoms with van der Waals surface area (Å²) in [5.41, 5.74) is 1.12. The lowest BCUT2D eigenvalue weighted by Crippen LogP contribution is -1.91. The van der Waals surface area contributed by atoms with Gasteiger partial charge >= 0.3 is 0 Å². The second-order valence-electron chi connectivity index (χ2n) is 5.23. The number of thiophene rings is 1. The summed E-state index contributed by atoms with van der Waals surface area (Å²) in [7, 11) is 0. The molecular weight excluding hydrogens is 338 g/mol. The van der Waals surface area contributed by atoms with E-state index in [4.69, 9.17) is 4.74 Å². The minimum absolute atomic E-state index is 0.0158. The van der Waals surface area contributed by atoms with Crippen molar-refractivity contribution >= 4 is 27.2 Å². The molecule has 25 heavy (non-hydrogen) atoms. The molecule has 0 atom stereocenters. The van der Waals surface area contributed by atoms with Gasteiger partial charge in [0.05, 0.1) is 10.3 Å². The Morgan fingerprint density at radius 3 is 2.48 bits per heavy atom. The summed E-state index contributed by atoms with van der Waals surface area (Å²) in [6, 6.07) is 17.9. The van der Waals surface area contributed by atoms with E-state index in [1.54, 1.807) is 23.5 Å². The van der Waals surface area contributed by atoms with E-state index in [-0.39, 0.29) is 5.69 Å². The first-order valence-corrected chi connectivity index (χ1v) is 8.24. The van der Waals surface area contributed by atoms with Crippen molar-refractivity contribution in [2.75, 3.05) is 0 Å². The van der Waals surface area contributed by atoms with E-state index >= 15 is 0 Å². The molecule has 2 heterocycles. The molecule has 0 aliphatic heterocycles. The molecule has 0 fully saturated rings. The zero-order valence-corrected chi connectivity index (χ0v) is 13.6. The highest BCUT2D eigenvalue weighted by Crippen LogP contribution is 2.37. The Bertz CT molecular complexity index is 1050. The highest BCUT2D eigenvalue weighted by molar-refractivity contribution is 7.21. The Hall–Kier alpha value is -3.32. The molecule has 7 heteroatoms. The topological polar surface area (TPSA) is 78.2 Å². The lowest BCUT2D eigenvalue weighted by atomic mass is 10.2. The number of aromatic nitrogens is 2. The second-order valence-corrected chi connectivity index (χ2v) is 6.26. The van der Waals surface area contributed by atoms with Crippen LogP contribution in [-0.4, -0.2) is 14.9 Å². The minimum Gasteiger partial charge on any atom is -0.438 e. The predicted molar refractivity (Wildman–Crippen MR) is 96.0 cm³/mol. The van der Waals surface area contributed by atoms with Gasteiger partial charge in [-0.2, -0.15) is 0 Å². The third kappa shape index (κ3) is 3.05. The van der Waals surface area contributed by atoms with Crippen molar-refractivity contribution in [3.05, 3.63) is 77.1 Å². The molecule has 4 aromatic rings. The van der Waals surface area contributed by atoms with E-state index in [1.165, 1.54) is 18.5 Å². The Morgan fingerprint density at radius 2 is 1.76 bits per heavy atom. The standard InChI is InChI=1S/C18H11N3O3S/c22-21(23)13-6-8-14(9-7-13)24-17-15-10-16(12-4-2-1-3-5-12)25-18(15)20-11-19-17/h1-11H. The third-order valence-electron chi connectivity index (χ3n) is 3.61. The molecule has 0 amide bonds. The van der Waals surface area contributed by atoms with Gasteiger partial charge in [0.1, 0.15) is 16.9 Å². The molecule has 2 aromatic carbocycles. The molecule has 0 unspecified atom stereocenters. The zero-order chi connectivity index (χ0) is 17.2. The summed E-state index contributed by atoms with van der Waals surface area (Å²) >= 11 is 1.56. The van der Waals surface area contributed by atoms with Crippen LogP contribution in [0.15, 0.2) is 67.0 Å². The number of non-ortho nitro benzene ring substituents is 1. The summed E-state index contributed by atoms with van der Waals surface area (Å²) < 4.78 is 5.81. The summed E-state index contributed by atoms with van der Waals surface area (Å²) in [6.45, 7) is 0. The van der Waals surface area contributed by atoms with Crippen LogP contribution in [-0.2, 0) is 0 Å². The monoisotopic (exact) mass is 349 g/mol. The third-order valence-corrected chi connectivity index (χ3v) is 4.71. The predicted octanol–water partition coefficient (Wildman–Crippen LogP) is 5.06. The van der Waals surface area contributed by atoms with E-state index in [1.807, 2.05) is 36.4 Å². The van der Waals surface area contributed by atoms with E-state index in [0.29, 0.717) is 11.6 Å². The number of nitro benzene ring substituents is 1. The fourth-order valence-electron chi connectivity index (χ4n) is 2.41. The van der Waals surface area contributed by atoms with Gasteiger partial charge in [0.25, 0.3) is 5.69 Å². The Labute approximate surface area is 146 Å². The van der Waals surface area contributed by atoms with Crippen LogP contribution in [0, 0.1) is 10.1 Å². The summed E-state index contributed by atoms with van der Waals surface area (Å²) in [4.78, 5) is 20.7. The smallest absolute Gasteiger partial charge is 0.269 e. The van der Waals surface area contributed by atoms with Crippen LogP contribution in [0.3, 0.4) is 0 Å². The maximum Gasteiger partial charge on any atom is 0.269 e.